The fraction of sp³-hybridized carbons (Fsp3) is 0.231. The third-order valence-electron chi connectivity index (χ3n) is 3.11. The lowest BCUT2D eigenvalue weighted by molar-refractivity contribution is 0.592. The lowest BCUT2D eigenvalue weighted by Gasteiger charge is -2.10. The van der Waals surface area contributed by atoms with Crippen LogP contribution in [-0.2, 0) is 10.0 Å². The summed E-state index contributed by atoms with van der Waals surface area (Å²) in [4.78, 5) is 4.84. The van der Waals surface area contributed by atoms with Gasteiger partial charge in [0.25, 0.3) is 10.0 Å². The minimum Gasteiger partial charge on any atom is -0.278 e. The van der Waals surface area contributed by atoms with Gasteiger partial charge in [0, 0.05) is 4.47 Å². The highest BCUT2D eigenvalue weighted by molar-refractivity contribution is 9.10. The van der Waals surface area contributed by atoms with Crippen LogP contribution in [0.5, 0.6) is 0 Å². The number of sulfonamides is 1. The second kappa shape index (κ2) is 5.32. The van der Waals surface area contributed by atoms with Crippen LogP contribution >= 0.6 is 27.3 Å². The Morgan fingerprint density at radius 1 is 1.27 bits per heavy atom. The van der Waals surface area contributed by atoms with E-state index in [2.05, 4.69) is 30.7 Å². The molecule has 22 heavy (non-hydrogen) atoms. The van der Waals surface area contributed by atoms with Crippen LogP contribution in [0.25, 0.3) is 4.96 Å². The van der Waals surface area contributed by atoms with E-state index in [1.807, 2.05) is 19.9 Å². The molecule has 0 atom stereocenters. The highest BCUT2D eigenvalue weighted by Crippen LogP contribution is 2.26. The maximum Gasteiger partial charge on any atom is 0.281 e. The van der Waals surface area contributed by atoms with Crippen LogP contribution in [0.15, 0.2) is 27.7 Å². The molecule has 0 aliphatic carbocycles. The highest BCUT2D eigenvalue weighted by Gasteiger charge is 2.25. The van der Waals surface area contributed by atoms with E-state index < -0.39 is 10.0 Å². The minimum atomic E-state index is -3.77. The number of halogens is 1. The lowest BCUT2D eigenvalue weighted by atomic mass is 10.2. The first kappa shape index (κ1) is 15.4. The third kappa shape index (κ3) is 2.64. The lowest BCUT2D eigenvalue weighted by Crippen LogP contribution is -2.17. The second-order valence-corrected chi connectivity index (χ2v) is 8.56. The van der Waals surface area contributed by atoms with Gasteiger partial charge in [0.1, 0.15) is 5.01 Å². The van der Waals surface area contributed by atoms with Crippen molar-refractivity contribution in [3.63, 3.8) is 0 Å². The number of nitrogens with zero attached hydrogens (tertiary/aromatic N) is 3. The summed E-state index contributed by atoms with van der Waals surface area (Å²) < 4.78 is 30.3. The van der Waals surface area contributed by atoms with Gasteiger partial charge in [-0.3, -0.25) is 4.72 Å². The van der Waals surface area contributed by atoms with E-state index in [0.717, 1.165) is 15.0 Å². The molecule has 6 nitrogen and oxygen atoms in total. The van der Waals surface area contributed by atoms with Gasteiger partial charge in [-0.25, -0.2) is 4.98 Å². The van der Waals surface area contributed by atoms with Crippen molar-refractivity contribution < 1.29 is 8.42 Å². The first-order valence-electron chi connectivity index (χ1n) is 6.39. The fourth-order valence-corrected chi connectivity index (χ4v) is 4.90. The summed E-state index contributed by atoms with van der Waals surface area (Å²) in [7, 11) is -3.77. The number of imidazole rings is 1. The van der Waals surface area contributed by atoms with Gasteiger partial charge in [0.15, 0.2) is 0 Å². The van der Waals surface area contributed by atoms with E-state index >= 15 is 0 Å². The first-order chi connectivity index (χ1) is 10.3. The zero-order valence-corrected chi connectivity index (χ0v) is 15.3. The Kier molecular flexibility index (Phi) is 3.74. The number of anilines is 1. The van der Waals surface area contributed by atoms with Crippen molar-refractivity contribution in [2.75, 3.05) is 4.72 Å². The Bertz CT molecular complexity index is 976. The maximum absolute atomic E-state index is 12.7. The monoisotopic (exact) mass is 400 g/mol. The summed E-state index contributed by atoms with van der Waals surface area (Å²) in [5.41, 5.74) is 1.79. The van der Waals surface area contributed by atoms with Gasteiger partial charge in [-0.15, -0.1) is 0 Å². The molecule has 0 amide bonds. The standard InChI is InChI=1S/C13H13BrN4O2S2/c1-7-6-10(14)4-5-11(7)17-22(19,20)12-8(2)15-13-18(12)16-9(3)21-13/h4-6,17H,1-3H3. The number of aromatic nitrogens is 3. The number of fused-ring (bicyclic) bond motifs is 1. The molecule has 0 unspecified atom stereocenters. The topological polar surface area (TPSA) is 76.4 Å². The van der Waals surface area contributed by atoms with Crippen molar-refractivity contribution in [1.29, 1.82) is 0 Å². The van der Waals surface area contributed by atoms with Crippen LogP contribution in [0.3, 0.4) is 0 Å². The molecule has 0 spiro atoms. The van der Waals surface area contributed by atoms with Gasteiger partial charge >= 0.3 is 0 Å². The predicted octanol–water partition coefficient (Wildman–Crippen LogP) is 3.28. The maximum atomic E-state index is 12.7. The van der Waals surface area contributed by atoms with Gasteiger partial charge in [-0.05, 0) is 44.5 Å². The van der Waals surface area contributed by atoms with Crippen LogP contribution in [-0.4, -0.2) is 23.0 Å². The number of hydrogen-bond acceptors (Lipinski definition) is 5. The van der Waals surface area contributed by atoms with Gasteiger partial charge < -0.3 is 0 Å². The summed E-state index contributed by atoms with van der Waals surface area (Å²) in [6, 6.07) is 5.36. The van der Waals surface area contributed by atoms with Crippen LogP contribution in [0.2, 0.25) is 0 Å². The summed E-state index contributed by atoms with van der Waals surface area (Å²) in [5.74, 6) is 0. The summed E-state index contributed by atoms with van der Waals surface area (Å²) in [6.07, 6.45) is 0. The average molecular weight is 401 g/mol. The zero-order valence-electron chi connectivity index (χ0n) is 12.1. The fourth-order valence-electron chi connectivity index (χ4n) is 2.17. The number of nitrogens with one attached hydrogen (secondary N) is 1. The molecule has 3 aromatic rings. The number of aryl methyl sites for hydroxylation is 3. The Balaban J connectivity index is 2.10. The normalized spacial score (nSPS) is 12.0. The van der Waals surface area contributed by atoms with Crippen molar-refractivity contribution in [1.82, 2.24) is 14.6 Å². The minimum absolute atomic E-state index is 0.0779. The van der Waals surface area contributed by atoms with Crippen molar-refractivity contribution in [3.8, 4) is 0 Å². The van der Waals surface area contributed by atoms with E-state index in [1.165, 1.54) is 15.9 Å². The largest absolute Gasteiger partial charge is 0.281 e. The van der Waals surface area contributed by atoms with Crippen molar-refractivity contribution in [3.05, 3.63) is 38.9 Å². The molecular formula is C13H13BrN4O2S2. The molecule has 3 rings (SSSR count). The molecular weight excluding hydrogens is 388 g/mol. The van der Waals surface area contributed by atoms with Crippen LogP contribution in [0.1, 0.15) is 16.3 Å². The second-order valence-electron chi connectivity index (χ2n) is 4.88. The van der Waals surface area contributed by atoms with Crippen molar-refractivity contribution in [2.45, 2.75) is 25.8 Å². The number of hydrogen-bond donors (Lipinski definition) is 1. The number of rotatable bonds is 3. The molecule has 0 saturated heterocycles. The van der Waals surface area contributed by atoms with Crippen LogP contribution in [0, 0.1) is 20.8 Å². The van der Waals surface area contributed by atoms with Crippen molar-refractivity contribution >= 4 is 47.9 Å². The van der Waals surface area contributed by atoms with Gasteiger partial charge in [-0.1, -0.05) is 27.3 Å². The van der Waals surface area contributed by atoms with Gasteiger partial charge in [0.2, 0.25) is 9.99 Å². The molecule has 9 heteroatoms. The van der Waals surface area contributed by atoms with Gasteiger partial charge in [-0.2, -0.15) is 18.0 Å². The molecule has 0 radical (unpaired) electrons. The molecule has 0 saturated carbocycles. The zero-order chi connectivity index (χ0) is 16.1. The molecule has 1 N–H and O–H groups in total. The van der Waals surface area contributed by atoms with Crippen LogP contribution in [0.4, 0.5) is 5.69 Å². The summed E-state index contributed by atoms with van der Waals surface area (Å²) in [6.45, 7) is 5.32. The Morgan fingerprint density at radius 3 is 2.68 bits per heavy atom. The summed E-state index contributed by atoms with van der Waals surface area (Å²) >= 11 is 4.72. The molecule has 0 bridgehead atoms. The number of benzene rings is 1. The molecule has 2 aromatic heterocycles. The molecule has 0 aliphatic heterocycles. The van der Waals surface area contributed by atoms with E-state index in [9.17, 15) is 8.42 Å². The molecule has 0 aliphatic rings. The van der Waals surface area contributed by atoms with Crippen LogP contribution < -0.4 is 4.72 Å². The van der Waals surface area contributed by atoms with E-state index in [4.69, 9.17) is 0 Å². The highest BCUT2D eigenvalue weighted by atomic mass is 79.9. The Morgan fingerprint density at radius 2 is 2.00 bits per heavy atom. The van der Waals surface area contributed by atoms with Gasteiger partial charge in [0.05, 0.1) is 11.4 Å². The average Bonchev–Trinajstić information content (AvgIpc) is 2.86. The smallest absolute Gasteiger partial charge is 0.278 e. The van der Waals surface area contributed by atoms with Crippen molar-refractivity contribution in [2.24, 2.45) is 0 Å². The quantitative estimate of drug-likeness (QED) is 0.731. The SMILES string of the molecule is Cc1nn2c(S(=O)(=O)Nc3ccc(Br)cc3C)c(C)nc2s1. The molecule has 1 aromatic carbocycles. The molecule has 116 valence electrons. The summed E-state index contributed by atoms with van der Waals surface area (Å²) in [5, 5.41) is 5.07. The Labute approximate surface area is 140 Å². The first-order valence-corrected chi connectivity index (χ1v) is 9.49. The predicted molar refractivity (Wildman–Crippen MR) is 90.0 cm³/mol. The van der Waals surface area contributed by atoms with E-state index in [0.29, 0.717) is 16.3 Å². The Hall–Kier alpha value is -1.45. The third-order valence-corrected chi connectivity index (χ3v) is 5.90. The van der Waals surface area contributed by atoms with E-state index in [1.54, 1.807) is 19.1 Å². The van der Waals surface area contributed by atoms with E-state index in [-0.39, 0.29) is 5.03 Å². The molecule has 2 heterocycles. The molecule has 0 fully saturated rings.